The van der Waals surface area contributed by atoms with Gasteiger partial charge in [0.05, 0.1) is 18.5 Å². The Labute approximate surface area is 169 Å². The fourth-order valence-electron chi connectivity index (χ4n) is 3.24. The number of para-hydroxylation sites is 1. The summed E-state index contributed by atoms with van der Waals surface area (Å²) in [5.41, 5.74) is 1.02. The van der Waals surface area contributed by atoms with Crippen molar-refractivity contribution >= 4 is 29.9 Å². The maximum absolute atomic E-state index is 12.8. The minimum Gasteiger partial charge on any atom is -0.481 e. The normalized spacial score (nSPS) is 17.7. The Balaban J connectivity index is 1.93. The Bertz CT molecular complexity index is 767. The minimum absolute atomic E-state index is 0.278. The van der Waals surface area contributed by atoms with Crippen LogP contribution in [0.3, 0.4) is 0 Å². The van der Waals surface area contributed by atoms with Crippen LogP contribution in [0.1, 0.15) is 26.2 Å². The molecule has 29 heavy (non-hydrogen) atoms. The summed E-state index contributed by atoms with van der Waals surface area (Å²) in [6.07, 6.45) is 1.52. The quantitative estimate of drug-likeness (QED) is 0.462. The van der Waals surface area contributed by atoms with Crippen LogP contribution in [0, 0.1) is 0 Å². The van der Waals surface area contributed by atoms with E-state index in [-0.39, 0.29) is 18.4 Å². The monoisotopic (exact) mass is 402 g/mol. The van der Waals surface area contributed by atoms with Gasteiger partial charge in [-0.1, -0.05) is 24.8 Å². The summed E-state index contributed by atoms with van der Waals surface area (Å²) in [5.74, 6) is -1.39. The fraction of sp³-hybridized carbons (Fsp3) is 0.400. The summed E-state index contributed by atoms with van der Waals surface area (Å²) in [5, 5.41) is 16.9. The highest BCUT2D eigenvalue weighted by Crippen LogP contribution is 2.23. The average Bonchev–Trinajstić information content (AvgIpc) is 3.16. The number of carboxylic acid groups (broad SMARTS) is 1. The number of aldehydes is 1. The van der Waals surface area contributed by atoms with Crippen LogP contribution in [0.2, 0.25) is 0 Å². The van der Waals surface area contributed by atoms with Crippen LogP contribution < -0.4 is 16.0 Å². The first-order valence-electron chi connectivity index (χ1n) is 9.37. The molecular formula is C20H26N4O5. The van der Waals surface area contributed by atoms with E-state index in [9.17, 15) is 19.2 Å². The molecule has 1 aromatic rings. The molecule has 0 aromatic heterocycles. The molecule has 0 aliphatic carbocycles. The van der Waals surface area contributed by atoms with Crippen molar-refractivity contribution in [1.82, 2.24) is 15.5 Å². The van der Waals surface area contributed by atoms with Gasteiger partial charge in [0.1, 0.15) is 12.3 Å². The third-order valence-corrected chi connectivity index (χ3v) is 4.62. The maximum atomic E-state index is 12.8. The van der Waals surface area contributed by atoms with Crippen LogP contribution in [-0.4, -0.2) is 58.9 Å². The summed E-state index contributed by atoms with van der Waals surface area (Å²) >= 11 is 0. The van der Waals surface area contributed by atoms with Crippen molar-refractivity contribution in [3.63, 3.8) is 0 Å². The summed E-state index contributed by atoms with van der Waals surface area (Å²) in [6, 6.07) is 6.32. The van der Waals surface area contributed by atoms with E-state index < -0.39 is 24.1 Å². The van der Waals surface area contributed by atoms with Crippen molar-refractivity contribution in [3.05, 3.63) is 42.6 Å². The molecule has 1 aliphatic heterocycles. The average molecular weight is 402 g/mol. The van der Waals surface area contributed by atoms with Gasteiger partial charge in [0, 0.05) is 17.9 Å². The summed E-state index contributed by atoms with van der Waals surface area (Å²) < 4.78 is 0. The SMILES string of the molecule is C=C(N[C@H](C=O)CC(=O)O)C1CCCN1C(=O)[C@H](C)NC(=O)Nc1ccccc1. The van der Waals surface area contributed by atoms with Crippen molar-refractivity contribution in [1.29, 1.82) is 0 Å². The van der Waals surface area contributed by atoms with E-state index in [4.69, 9.17) is 5.11 Å². The lowest BCUT2D eigenvalue weighted by Gasteiger charge is -2.30. The first-order chi connectivity index (χ1) is 13.8. The number of rotatable bonds is 9. The number of aliphatic carboxylic acids is 1. The van der Waals surface area contributed by atoms with Crippen LogP contribution in [0.15, 0.2) is 42.6 Å². The van der Waals surface area contributed by atoms with Crippen molar-refractivity contribution < 1.29 is 24.3 Å². The Hall–Kier alpha value is -3.36. The lowest BCUT2D eigenvalue weighted by atomic mass is 10.1. The second-order valence-corrected chi connectivity index (χ2v) is 6.89. The van der Waals surface area contributed by atoms with E-state index in [0.29, 0.717) is 30.6 Å². The molecule has 156 valence electrons. The fourth-order valence-corrected chi connectivity index (χ4v) is 3.24. The van der Waals surface area contributed by atoms with Gasteiger partial charge >= 0.3 is 12.0 Å². The predicted molar refractivity (Wildman–Crippen MR) is 107 cm³/mol. The zero-order valence-corrected chi connectivity index (χ0v) is 16.3. The molecule has 1 unspecified atom stereocenters. The molecule has 2 rings (SSSR count). The molecule has 0 spiro atoms. The maximum Gasteiger partial charge on any atom is 0.319 e. The van der Waals surface area contributed by atoms with Gasteiger partial charge in [0.15, 0.2) is 0 Å². The lowest BCUT2D eigenvalue weighted by Crippen LogP contribution is -2.51. The molecule has 1 aromatic carbocycles. The van der Waals surface area contributed by atoms with Crippen molar-refractivity contribution in [2.75, 3.05) is 11.9 Å². The molecule has 0 bridgehead atoms. The molecule has 4 N–H and O–H groups in total. The van der Waals surface area contributed by atoms with E-state index in [1.54, 1.807) is 36.1 Å². The number of benzene rings is 1. The first-order valence-corrected chi connectivity index (χ1v) is 9.37. The van der Waals surface area contributed by atoms with E-state index in [2.05, 4.69) is 22.5 Å². The van der Waals surface area contributed by atoms with E-state index >= 15 is 0 Å². The van der Waals surface area contributed by atoms with Crippen LogP contribution in [0.25, 0.3) is 0 Å². The molecule has 0 radical (unpaired) electrons. The molecule has 0 saturated carbocycles. The smallest absolute Gasteiger partial charge is 0.319 e. The van der Waals surface area contributed by atoms with Gasteiger partial charge < -0.3 is 30.8 Å². The molecule has 1 heterocycles. The Morgan fingerprint density at radius 3 is 2.59 bits per heavy atom. The molecule has 3 atom stereocenters. The third-order valence-electron chi connectivity index (χ3n) is 4.62. The van der Waals surface area contributed by atoms with Crippen molar-refractivity contribution in [3.8, 4) is 0 Å². The number of nitrogens with one attached hydrogen (secondary N) is 3. The molecule has 3 amide bonds. The van der Waals surface area contributed by atoms with Gasteiger partial charge in [-0.05, 0) is 31.9 Å². The zero-order chi connectivity index (χ0) is 21.4. The molecule has 1 fully saturated rings. The number of urea groups is 1. The number of hydrogen-bond acceptors (Lipinski definition) is 5. The third kappa shape index (κ3) is 6.34. The molecule has 9 nitrogen and oxygen atoms in total. The molecular weight excluding hydrogens is 376 g/mol. The van der Waals surface area contributed by atoms with Crippen LogP contribution in [0.4, 0.5) is 10.5 Å². The van der Waals surface area contributed by atoms with Crippen LogP contribution >= 0.6 is 0 Å². The predicted octanol–water partition coefficient (Wildman–Crippen LogP) is 1.33. The van der Waals surface area contributed by atoms with Crippen LogP contribution in [-0.2, 0) is 14.4 Å². The Morgan fingerprint density at radius 2 is 1.97 bits per heavy atom. The highest BCUT2D eigenvalue weighted by molar-refractivity contribution is 5.93. The summed E-state index contributed by atoms with van der Waals surface area (Å²) in [6.45, 7) is 5.97. The van der Waals surface area contributed by atoms with Crippen molar-refractivity contribution in [2.45, 2.75) is 44.3 Å². The van der Waals surface area contributed by atoms with E-state index in [0.717, 1.165) is 6.42 Å². The second kappa shape index (κ2) is 10.3. The highest BCUT2D eigenvalue weighted by Gasteiger charge is 2.34. The second-order valence-electron chi connectivity index (χ2n) is 6.89. The first kappa shape index (κ1) is 21.9. The van der Waals surface area contributed by atoms with Gasteiger partial charge in [0.25, 0.3) is 0 Å². The number of carbonyl (C=O) groups is 4. The van der Waals surface area contributed by atoms with Gasteiger partial charge in [0.2, 0.25) is 5.91 Å². The summed E-state index contributed by atoms with van der Waals surface area (Å²) in [4.78, 5) is 48.5. The molecule has 1 saturated heterocycles. The summed E-state index contributed by atoms with van der Waals surface area (Å²) in [7, 11) is 0. The van der Waals surface area contributed by atoms with E-state index in [1.165, 1.54) is 0 Å². The molecule has 1 aliphatic rings. The number of hydrogen-bond donors (Lipinski definition) is 4. The Morgan fingerprint density at radius 1 is 1.28 bits per heavy atom. The Kier molecular flexibility index (Phi) is 7.76. The van der Waals surface area contributed by atoms with Gasteiger partial charge in [-0.15, -0.1) is 0 Å². The number of carboxylic acids is 1. The molecule has 9 heteroatoms. The number of anilines is 1. The largest absolute Gasteiger partial charge is 0.481 e. The highest BCUT2D eigenvalue weighted by atomic mass is 16.4. The van der Waals surface area contributed by atoms with E-state index in [1.807, 2.05) is 6.07 Å². The minimum atomic E-state index is -1.11. The van der Waals surface area contributed by atoms with Crippen molar-refractivity contribution in [2.24, 2.45) is 0 Å². The van der Waals surface area contributed by atoms with Crippen LogP contribution in [0.5, 0.6) is 0 Å². The topological polar surface area (TPSA) is 128 Å². The number of likely N-dealkylation sites (tertiary alicyclic amines) is 1. The lowest BCUT2D eigenvalue weighted by molar-refractivity contribution is -0.138. The zero-order valence-electron chi connectivity index (χ0n) is 16.3. The number of nitrogens with zero attached hydrogens (tertiary/aromatic N) is 1. The number of carbonyl (C=O) groups excluding carboxylic acids is 3. The van der Waals surface area contributed by atoms with Gasteiger partial charge in [-0.25, -0.2) is 4.79 Å². The van der Waals surface area contributed by atoms with Gasteiger partial charge in [-0.2, -0.15) is 0 Å². The number of amides is 3. The van der Waals surface area contributed by atoms with Gasteiger partial charge in [-0.3, -0.25) is 9.59 Å². The standard InChI is InChI=1S/C20H26N4O5/c1-13(21-16(12-25)11-18(26)27)17-9-6-10-24(17)19(28)14(2)22-20(29)23-15-7-4-3-5-8-15/h3-5,7-8,12,14,16-17,21H,1,6,9-11H2,2H3,(H,26,27)(H2,22,23,29)/t14-,16-,17?/m0/s1.